The van der Waals surface area contributed by atoms with E-state index in [9.17, 15) is 9.59 Å². The number of carboxylic acids is 1. The van der Waals surface area contributed by atoms with Crippen LogP contribution >= 0.6 is 0 Å². The fraction of sp³-hybridized carbons (Fsp3) is 0.273. The number of hydrogen-bond acceptors (Lipinski definition) is 4. The number of esters is 1. The largest absolute Gasteiger partial charge is 0.478 e. The van der Waals surface area contributed by atoms with E-state index in [1.54, 1.807) is 25.2 Å². The molecule has 0 saturated heterocycles. The first-order valence-electron chi connectivity index (χ1n) is 4.66. The van der Waals surface area contributed by atoms with Crippen LogP contribution in [0, 0.1) is 0 Å². The first kappa shape index (κ1) is 12.0. The van der Waals surface area contributed by atoms with Crippen molar-refractivity contribution in [2.75, 3.05) is 25.6 Å². The van der Waals surface area contributed by atoms with Crippen molar-refractivity contribution in [3.05, 3.63) is 29.8 Å². The highest BCUT2D eigenvalue weighted by atomic mass is 16.5. The molecule has 0 aliphatic heterocycles. The number of rotatable bonds is 4. The molecule has 0 aromatic heterocycles. The number of methoxy groups -OCH3 is 1. The number of hydrogen-bond donors (Lipinski definition) is 1. The van der Waals surface area contributed by atoms with Crippen molar-refractivity contribution >= 4 is 17.6 Å². The van der Waals surface area contributed by atoms with E-state index < -0.39 is 11.9 Å². The Balaban J connectivity index is 2.94. The van der Waals surface area contributed by atoms with Gasteiger partial charge in [-0.1, -0.05) is 12.1 Å². The van der Waals surface area contributed by atoms with E-state index in [2.05, 4.69) is 4.74 Å². The van der Waals surface area contributed by atoms with Gasteiger partial charge in [0.2, 0.25) is 0 Å². The second-order valence-corrected chi connectivity index (χ2v) is 3.25. The smallest absolute Gasteiger partial charge is 0.337 e. The zero-order valence-corrected chi connectivity index (χ0v) is 9.14. The molecule has 1 aromatic carbocycles. The molecular weight excluding hydrogens is 210 g/mol. The second-order valence-electron chi connectivity index (χ2n) is 3.25. The highest BCUT2D eigenvalue weighted by Gasteiger charge is 2.14. The fourth-order valence-electron chi connectivity index (χ4n) is 1.33. The van der Waals surface area contributed by atoms with Gasteiger partial charge in [0.25, 0.3) is 0 Å². The van der Waals surface area contributed by atoms with Gasteiger partial charge < -0.3 is 14.7 Å². The molecule has 5 heteroatoms. The molecule has 0 aliphatic carbocycles. The van der Waals surface area contributed by atoms with Crippen molar-refractivity contribution in [1.82, 2.24) is 0 Å². The monoisotopic (exact) mass is 223 g/mol. The zero-order chi connectivity index (χ0) is 12.1. The maximum atomic E-state index is 11.1. The van der Waals surface area contributed by atoms with Crippen molar-refractivity contribution in [1.29, 1.82) is 0 Å². The Morgan fingerprint density at radius 3 is 2.56 bits per heavy atom. The van der Waals surface area contributed by atoms with Crippen LogP contribution in [0.4, 0.5) is 5.69 Å². The molecule has 1 rings (SSSR count). The van der Waals surface area contributed by atoms with Crippen LogP contribution in [-0.4, -0.2) is 37.7 Å². The van der Waals surface area contributed by atoms with Crippen LogP contribution in [-0.2, 0) is 9.53 Å². The number of likely N-dealkylation sites (N-methyl/N-ethyl adjacent to an activating group) is 1. The van der Waals surface area contributed by atoms with Crippen LogP contribution in [0.15, 0.2) is 24.3 Å². The predicted octanol–water partition coefficient (Wildman–Crippen LogP) is 0.994. The molecule has 0 heterocycles. The Morgan fingerprint density at radius 2 is 2.00 bits per heavy atom. The van der Waals surface area contributed by atoms with Gasteiger partial charge in [-0.15, -0.1) is 0 Å². The van der Waals surface area contributed by atoms with Gasteiger partial charge in [-0.3, -0.25) is 4.79 Å². The summed E-state index contributed by atoms with van der Waals surface area (Å²) in [4.78, 5) is 23.5. The minimum atomic E-state index is -1.02. The van der Waals surface area contributed by atoms with E-state index in [1.165, 1.54) is 18.1 Å². The normalized spacial score (nSPS) is 9.62. The maximum absolute atomic E-state index is 11.1. The van der Waals surface area contributed by atoms with Crippen molar-refractivity contribution in [3.63, 3.8) is 0 Å². The highest BCUT2D eigenvalue weighted by Crippen LogP contribution is 2.18. The van der Waals surface area contributed by atoms with E-state index in [1.807, 2.05) is 0 Å². The predicted molar refractivity (Wildman–Crippen MR) is 58.7 cm³/mol. The van der Waals surface area contributed by atoms with E-state index in [0.717, 1.165) is 0 Å². The summed E-state index contributed by atoms with van der Waals surface area (Å²) in [7, 11) is 2.93. The van der Waals surface area contributed by atoms with Gasteiger partial charge in [0.1, 0.15) is 6.54 Å². The lowest BCUT2D eigenvalue weighted by molar-refractivity contribution is -0.138. The minimum absolute atomic E-state index is 0.0147. The molecule has 1 aromatic rings. The molecule has 0 fully saturated rings. The Kier molecular flexibility index (Phi) is 3.88. The van der Waals surface area contributed by atoms with E-state index >= 15 is 0 Å². The first-order chi connectivity index (χ1) is 7.56. The van der Waals surface area contributed by atoms with Gasteiger partial charge in [0.15, 0.2) is 0 Å². The van der Waals surface area contributed by atoms with Crippen LogP contribution in [0.25, 0.3) is 0 Å². The van der Waals surface area contributed by atoms with Crippen molar-refractivity contribution < 1.29 is 19.4 Å². The molecule has 86 valence electrons. The quantitative estimate of drug-likeness (QED) is 0.771. The van der Waals surface area contributed by atoms with E-state index in [4.69, 9.17) is 5.11 Å². The van der Waals surface area contributed by atoms with Gasteiger partial charge in [0.05, 0.1) is 18.4 Å². The van der Waals surface area contributed by atoms with Gasteiger partial charge >= 0.3 is 11.9 Å². The maximum Gasteiger partial charge on any atom is 0.337 e. The molecule has 1 N–H and O–H groups in total. The number of aromatic carboxylic acids is 1. The molecule has 0 spiro atoms. The summed E-state index contributed by atoms with van der Waals surface area (Å²) in [5.74, 6) is -1.44. The Hall–Kier alpha value is -2.04. The molecule has 0 radical (unpaired) electrons. The number of ether oxygens (including phenoxy) is 1. The van der Waals surface area contributed by atoms with Crippen molar-refractivity contribution in [3.8, 4) is 0 Å². The topological polar surface area (TPSA) is 66.8 Å². The molecule has 0 saturated carbocycles. The molecule has 5 nitrogen and oxygen atoms in total. The summed E-state index contributed by atoms with van der Waals surface area (Å²) in [5.41, 5.74) is 0.648. The molecule has 16 heavy (non-hydrogen) atoms. The number of nitrogens with zero attached hydrogens (tertiary/aromatic N) is 1. The third kappa shape index (κ3) is 2.73. The van der Waals surface area contributed by atoms with E-state index in [-0.39, 0.29) is 12.1 Å². The average Bonchev–Trinajstić information content (AvgIpc) is 2.28. The zero-order valence-electron chi connectivity index (χ0n) is 9.14. The lowest BCUT2D eigenvalue weighted by Crippen LogP contribution is -2.27. The van der Waals surface area contributed by atoms with Gasteiger partial charge in [-0.2, -0.15) is 0 Å². The number of carbonyl (C=O) groups is 2. The first-order valence-corrected chi connectivity index (χ1v) is 4.66. The van der Waals surface area contributed by atoms with Gasteiger partial charge in [-0.05, 0) is 12.1 Å². The van der Waals surface area contributed by atoms with Crippen LogP contribution < -0.4 is 4.90 Å². The standard InChI is InChI=1S/C11H13NO4/c1-12(7-10(13)16-2)9-6-4-3-5-8(9)11(14)15/h3-6H,7H2,1-2H3,(H,14,15). The summed E-state index contributed by atoms with van der Waals surface area (Å²) in [6.45, 7) is 0.0147. The lowest BCUT2D eigenvalue weighted by Gasteiger charge is -2.19. The number of benzene rings is 1. The van der Waals surface area contributed by atoms with Crippen LogP contribution in [0.1, 0.15) is 10.4 Å². The summed E-state index contributed by atoms with van der Waals surface area (Å²) < 4.78 is 4.51. The summed E-state index contributed by atoms with van der Waals surface area (Å²) in [5, 5.41) is 8.96. The Morgan fingerprint density at radius 1 is 1.38 bits per heavy atom. The van der Waals surface area contributed by atoms with Crippen LogP contribution in [0.3, 0.4) is 0 Å². The number of carboxylic acid groups (broad SMARTS) is 1. The van der Waals surface area contributed by atoms with Crippen molar-refractivity contribution in [2.24, 2.45) is 0 Å². The number of carbonyl (C=O) groups excluding carboxylic acids is 1. The average molecular weight is 223 g/mol. The molecule has 0 amide bonds. The van der Waals surface area contributed by atoms with Gasteiger partial charge in [-0.25, -0.2) is 4.79 Å². The molecule has 0 aliphatic rings. The molecule has 0 bridgehead atoms. The fourth-order valence-corrected chi connectivity index (χ4v) is 1.33. The third-order valence-corrected chi connectivity index (χ3v) is 2.14. The van der Waals surface area contributed by atoms with Gasteiger partial charge in [0, 0.05) is 7.05 Å². The van der Waals surface area contributed by atoms with Crippen LogP contribution in [0.2, 0.25) is 0 Å². The molecule has 0 unspecified atom stereocenters. The summed E-state index contributed by atoms with van der Waals surface area (Å²) in [6.07, 6.45) is 0. The number of para-hydroxylation sites is 1. The Labute approximate surface area is 93.2 Å². The molecular formula is C11H13NO4. The SMILES string of the molecule is COC(=O)CN(C)c1ccccc1C(=O)O. The Bertz CT molecular complexity index is 403. The second kappa shape index (κ2) is 5.16. The molecule has 0 atom stereocenters. The summed E-state index contributed by atoms with van der Waals surface area (Å²) >= 11 is 0. The minimum Gasteiger partial charge on any atom is -0.478 e. The summed E-state index contributed by atoms with van der Waals surface area (Å²) in [6, 6.07) is 6.49. The van der Waals surface area contributed by atoms with E-state index in [0.29, 0.717) is 5.69 Å². The van der Waals surface area contributed by atoms with Crippen molar-refractivity contribution in [2.45, 2.75) is 0 Å². The number of anilines is 1. The lowest BCUT2D eigenvalue weighted by atomic mass is 10.1. The third-order valence-electron chi connectivity index (χ3n) is 2.14. The highest BCUT2D eigenvalue weighted by molar-refractivity contribution is 5.95. The van der Waals surface area contributed by atoms with Crippen LogP contribution in [0.5, 0.6) is 0 Å².